The number of carbonyl (C=O) groups is 1. The summed E-state index contributed by atoms with van der Waals surface area (Å²) >= 11 is 0. The van der Waals surface area contributed by atoms with Crippen LogP contribution in [-0.2, 0) is 0 Å². The van der Waals surface area contributed by atoms with Gasteiger partial charge in [0.05, 0.1) is 7.11 Å². The first kappa shape index (κ1) is 16.0. The number of carbonyl (C=O) groups excluding carboxylic acids is 1. The van der Waals surface area contributed by atoms with Crippen molar-refractivity contribution in [1.82, 2.24) is 10.6 Å². The van der Waals surface area contributed by atoms with Crippen molar-refractivity contribution >= 4 is 5.91 Å². The van der Waals surface area contributed by atoms with Crippen LogP contribution in [0.5, 0.6) is 17.2 Å². The first-order valence-corrected chi connectivity index (χ1v) is 8.68. The third kappa shape index (κ3) is 3.33. The van der Waals surface area contributed by atoms with Gasteiger partial charge in [0.15, 0.2) is 11.5 Å². The van der Waals surface area contributed by atoms with Crippen molar-refractivity contribution in [2.45, 2.75) is 24.9 Å². The maximum absolute atomic E-state index is 12.4. The summed E-state index contributed by atoms with van der Waals surface area (Å²) in [5.74, 6) is 2.68. The van der Waals surface area contributed by atoms with Crippen molar-refractivity contribution < 1.29 is 14.3 Å². The molecule has 1 saturated carbocycles. The van der Waals surface area contributed by atoms with E-state index in [0.29, 0.717) is 34.8 Å². The lowest BCUT2D eigenvalue weighted by Gasteiger charge is -2.24. The Morgan fingerprint density at radius 2 is 1.84 bits per heavy atom. The Balaban J connectivity index is 1.40. The van der Waals surface area contributed by atoms with Crippen LogP contribution in [0.4, 0.5) is 0 Å². The highest BCUT2D eigenvalue weighted by Gasteiger charge is 2.39. The first-order valence-electron chi connectivity index (χ1n) is 8.68. The van der Waals surface area contributed by atoms with Gasteiger partial charge >= 0.3 is 0 Å². The van der Waals surface area contributed by atoms with E-state index in [1.165, 1.54) is 6.42 Å². The summed E-state index contributed by atoms with van der Waals surface area (Å²) in [5, 5.41) is 6.62. The number of hydrogen-bond acceptors (Lipinski definition) is 4. The van der Waals surface area contributed by atoms with Gasteiger partial charge in [-0.2, -0.15) is 0 Å². The smallest absolute Gasteiger partial charge is 0.251 e. The molecule has 2 bridgehead atoms. The van der Waals surface area contributed by atoms with E-state index in [-0.39, 0.29) is 11.9 Å². The predicted octanol–water partition coefficient (Wildman–Crippen LogP) is 2.97. The standard InChI is InChI=1S/C20H22N2O3/c1-24-18-4-2-3-5-19(18)25-15-8-6-14(7-9-15)20(23)22-17-11-13-10-16(17)21-12-13/h2-9,13,16-17,21H,10-12H2,1H3,(H,22,23). The number of fused-ring (bicyclic) bond motifs is 2. The van der Waals surface area contributed by atoms with E-state index in [1.807, 2.05) is 24.3 Å². The molecule has 2 N–H and O–H groups in total. The highest BCUT2D eigenvalue weighted by atomic mass is 16.5. The largest absolute Gasteiger partial charge is 0.493 e. The molecule has 2 aromatic carbocycles. The van der Waals surface area contributed by atoms with Crippen LogP contribution in [0.3, 0.4) is 0 Å². The fraction of sp³-hybridized carbons (Fsp3) is 0.350. The van der Waals surface area contributed by atoms with E-state index in [2.05, 4.69) is 10.6 Å². The molecule has 4 rings (SSSR count). The Bertz CT molecular complexity index is 760. The molecule has 1 aliphatic carbocycles. The topological polar surface area (TPSA) is 59.6 Å². The third-order valence-electron chi connectivity index (χ3n) is 5.06. The number of amides is 1. The van der Waals surface area contributed by atoms with E-state index in [0.717, 1.165) is 13.0 Å². The second-order valence-corrected chi connectivity index (χ2v) is 6.71. The number of ether oxygens (including phenoxy) is 2. The van der Waals surface area contributed by atoms with Gasteiger partial charge in [0.1, 0.15) is 5.75 Å². The van der Waals surface area contributed by atoms with Crippen LogP contribution < -0.4 is 20.1 Å². The van der Waals surface area contributed by atoms with Crippen molar-refractivity contribution in [2.75, 3.05) is 13.7 Å². The van der Waals surface area contributed by atoms with Gasteiger partial charge < -0.3 is 20.1 Å². The van der Waals surface area contributed by atoms with E-state index in [9.17, 15) is 4.79 Å². The Hall–Kier alpha value is -2.53. The molecule has 3 atom stereocenters. The van der Waals surface area contributed by atoms with Gasteiger partial charge in [-0.15, -0.1) is 0 Å². The van der Waals surface area contributed by atoms with Crippen LogP contribution in [0.1, 0.15) is 23.2 Å². The highest BCUT2D eigenvalue weighted by Crippen LogP contribution is 2.32. The quantitative estimate of drug-likeness (QED) is 0.880. The molecule has 0 spiro atoms. The van der Waals surface area contributed by atoms with Gasteiger partial charge in [-0.1, -0.05) is 12.1 Å². The molecule has 0 radical (unpaired) electrons. The fourth-order valence-electron chi connectivity index (χ4n) is 3.77. The summed E-state index contributed by atoms with van der Waals surface area (Å²) in [4.78, 5) is 12.4. The minimum atomic E-state index is -0.0248. The minimum absolute atomic E-state index is 0.0248. The number of nitrogens with one attached hydrogen (secondary N) is 2. The van der Waals surface area contributed by atoms with Crippen LogP contribution >= 0.6 is 0 Å². The van der Waals surface area contributed by atoms with E-state index in [1.54, 1.807) is 31.4 Å². The predicted molar refractivity (Wildman–Crippen MR) is 95.3 cm³/mol. The normalized spacial score (nSPS) is 24.1. The van der Waals surface area contributed by atoms with E-state index < -0.39 is 0 Å². The van der Waals surface area contributed by atoms with Gasteiger partial charge in [0.2, 0.25) is 0 Å². The average molecular weight is 338 g/mol. The average Bonchev–Trinajstić information content (AvgIpc) is 3.26. The summed E-state index contributed by atoms with van der Waals surface area (Å²) in [6, 6.07) is 15.4. The van der Waals surface area contributed by atoms with Crippen molar-refractivity contribution in [2.24, 2.45) is 5.92 Å². The van der Waals surface area contributed by atoms with Gasteiger partial charge in [-0.05, 0) is 61.7 Å². The lowest BCUT2D eigenvalue weighted by Crippen LogP contribution is -2.47. The summed E-state index contributed by atoms with van der Waals surface area (Å²) in [5.41, 5.74) is 0.648. The third-order valence-corrected chi connectivity index (χ3v) is 5.06. The summed E-state index contributed by atoms with van der Waals surface area (Å²) in [7, 11) is 1.61. The molecule has 1 heterocycles. The van der Waals surface area contributed by atoms with Gasteiger partial charge in [-0.3, -0.25) is 4.79 Å². The summed E-state index contributed by atoms with van der Waals surface area (Å²) < 4.78 is 11.1. The molecule has 1 amide bonds. The molecule has 2 aromatic rings. The SMILES string of the molecule is COc1ccccc1Oc1ccc(C(=O)NC2CC3CNC2C3)cc1. The fourth-order valence-corrected chi connectivity index (χ4v) is 3.77. The van der Waals surface area contributed by atoms with Crippen LogP contribution in [0.25, 0.3) is 0 Å². The molecule has 5 heteroatoms. The molecule has 0 aromatic heterocycles. The number of benzene rings is 2. The molecule has 5 nitrogen and oxygen atoms in total. The molecule has 3 unspecified atom stereocenters. The molecule has 1 saturated heterocycles. The van der Waals surface area contributed by atoms with Crippen LogP contribution in [0.2, 0.25) is 0 Å². The molecular weight excluding hydrogens is 316 g/mol. The maximum Gasteiger partial charge on any atom is 0.251 e. The van der Waals surface area contributed by atoms with Gasteiger partial charge in [0, 0.05) is 17.6 Å². The van der Waals surface area contributed by atoms with Crippen molar-refractivity contribution in [3.05, 3.63) is 54.1 Å². The maximum atomic E-state index is 12.4. The minimum Gasteiger partial charge on any atom is -0.493 e. The zero-order valence-electron chi connectivity index (χ0n) is 14.2. The molecule has 130 valence electrons. The van der Waals surface area contributed by atoms with Gasteiger partial charge in [-0.25, -0.2) is 0 Å². The number of rotatable bonds is 5. The molecule has 1 aliphatic heterocycles. The Morgan fingerprint density at radius 3 is 2.48 bits per heavy atom. The molecular formula is C20H22N2O3. The second kappa shape index (κ2) is 6.76. The number of hydrogen-bond donors (Lipinski definition) is 2. The Kier molecular flexibility index (Phi) is 4.32. The Labute approximate surface area is 147 Å². The highest BCUT2D eigenvalue weighted by molar-refractivity contribution is 5.94. The van der Waals surface area contributed by atoms with Crippen molar-refractivity contribution in [1.29, 1.82) is 0 Å². The second-order valence-electron chi connectivity index (χ2n) is 6.71. The molecule has 2 fully saturated rings. The summed E-state index contributed by atoms with van der Waals surface area (Å²) in [6.07, 6.45) is 2.26. The number of para-hydroxylation sites is 2. The van der Waals surface area contributed by atoms with Crippen LogP contribution in [0, 0.1) is 5.92 Å². The molecule has 2 aliphatic rings. The zero-order chi connectivity index (χ0) is 17.2. The lowest BCUT2D eigenvalue weighted by molar-refractivity contribution is 0.0928. The number of piperidine rings is 1. The zero-order valence-corrected chi connectivity index (χ0v) is 14.2. The van der Waals surface area contributed by atoms with Crippen LogP contribution in [0.15, 0.2) is 48.5 Å². The first-order chi connectivity index (χ1) is 12.2. The number of methoxy groups -OCH3 is 1. The van der Waals surface area contributed by atoms with Crippen molar-refractivity contribution in [3.8, 4) is 17.2 Å². The van der Waals surface area contributed by atoms with E-state index in [4.69, 9.17) is 9.47 Å². The van der Waals surface area contributed by atoms with Crippen LogP contribution in [-0.4, -0.2) is 31.6 Å². The van der Waals surface area contributed by atoms with E-state index >= 15 is 0 Å². The monoisotopic (exact) mass is 338 g/mol. The lowest BCUT2D eigenvalue weighted by atomic mass is 10.1. The van der Waals surface area contributed by atoms with Crippen molar-refractivity contribution in [3.63, 3.8) is 0 Å². The summed E-state index contributed by atoms with van der Waals surface area (Å²) in [6.45, 7) is 1.09. The Morgan fingerprint density at radius 1 is 1.08 bits per heavy atom. The van der Waals surface area contributed by atoms with Gasteiger partial charge in [0.25, 0.3) is 5.91 Å². The molecule has 25 heavy (non-hydrogen) atoms.